The third kappa shape index (κ3) is 3.56. The molecule has 0 bridgehead atoms. The molecule has 5 nitrogen and oxygen atoms in total. The van der Waals surface area contributed by atoms with E-state index in [9.17, 15) is 9.59 Å². The minimum absolute atomic E-state index is 0.00224. The Kier molecular flexibility index (Phi) is 4.87. The summed E-state index contributed by atoms with van der Waals surface area (Å²) in [5, 5.41) is 0. The molecular weight excluding hydrogens is 316 g/mol. The van der Waals surface area contributed by atoms with Gasteiger partial charge in [-0.3, -0.25) is 9.59 Å². The number of carbonyl (C=O) groups is 2. The van der Waals surface area contributed by atoms with Gasteiger partial charge in [0.2, 0.25) is 5.91 Å². The van der Waals surface area contributed by atoms with Gasteiger partial charge in [0.1, 0.15) is 6.61 Å². The van der Waals surface area contributed by atoms with Gasteiger partial charge >= 0.3 is 0 Å². The maximum atomic E-state index is 13.2. The first-order chi connectivity index (χ1) is 11.8. The van der Waals surface area contributed by atoms with Crippen molar-refractivity contribution >= 4 is 11.8 Å². The number of nitrogens with zero attached hydrogens (tertiary/aromatic N) is 2. The van der Waals surface area contributed by atoms with Crippen LogP contribution in [0, 0.1) is 5.41 Å². The highest BCUT2D eigenvalue weighted by Gasteiger charge is 2.45. The summed E-state index contributed by atoms with van der Waals surface area (Å²) in [4.78, 5) is 29.4. The molecule has 2 aliphatic heterocycles. The van der Waals surface area contributed by atoms with Crippen molar-refractivity contribution in [1.29, 1.82) is 0 Å². The maximum absolute atomic E-state index is 13.2. The van der Waals surface area contributed by atoms with Gasteiger partial charge in [-0.15, -0.1) is 0 Å². The lowest BCUT2D eigenvalue weighted by Crippen LogP contribution is -2.56. The average molecular weight is 344 g/mol. The second-order valence-electron chi connectivity index (χ2n) is 8.16. The van der Waals surface area contributed by atoms with Gasteiger partial charge in [-0.2, -0.15) is 0 Å². The summed E-state index contributed by atoms with van der Waals surface area (Å²) in [5.41, 5.74) is 1.08. The molecule has 136 valence electrons. The Hall–Kier alpha value is -1.88. The fourth-order valence-electron chi connectivity index (χ4n) is 3.91. The Morgan fingerprint density at radius 2 is 1.92 bits per heavy atom. The van der Waals surface area contributed by atoms with E-state index in [1.807, 2.05) is 54.0 Å². The topological polar surface area (TPSA) is 49.9 Å². The molecule has 2 aliphatic rings. The molecule has 0 aromatic heterocycles. The number of rotatable bonds is 3. The zero-order valence-corrected chi connectivity index (χ0v) is 15.6. The van der Waals surface area contributed by atoms with E-state index >= 15 is 0 Å². The largest absolute Gasteiger partial charge is 0.356 e. The normalized spacial score (nSPS) is 26.4. The van der Waals surface area contributed by atoms with Crippen molar-refractivity contribution in [3.63, 3.8) is 0 Å². The summed E-state index contributed by atoms with van der Waals surface area (Å²) >= 11 is 0. The van der Waals surface area contributed by atoms with Gasteiger partial charge in [-0.05, 0) is 31.2 Å². The molecule has 1 aromatic carbocycles. The zero-order chi connectivity index (χ0) is 18.2. The lowest BCUT2D eigenvalue weighted by atomic mass is 9.93. The van der Waals surface area contributed by atoms with Crippen LogP contribution in [0.2, 0.25) is 0 Å². The number of amides is 2. The summed E-state index contributed by atoms with van der Waals surface area (Å²) in [5.74, 6) is -0.0627. The van der Waals surface area contributed by atoms with Crippen molar-refractivity contribution in [1.82, 2.24) is 9.80 Å². The van der Waals surface area contributed by atoms with Crippen molar-refractivity contribution in [2.45, 2.75) is 52.3 Å². The van der Waals surface area contributed by atoms with Crippen LogP contribution in [0.25, 0.3) is 0 Å². The summed E-state index contributed by atoms with van der Waals surface area (Å²) in [7, 11) is 0. The van der Waals surface area contributed by atoms with Crippen LogP contribution in [0.5, 0.6) is 0 Å². The Morgan fingerprint density at radius 1 is 1.24 bits per heavy atom. The molecular formula is C20H28N2O3. The Balaban J connectivity index is 1.93. The third-order valence-corrected chi connectivity index (χ3v) is 5.19. The van der Waals surface area contributed by atoms with Crippen LogP contribution in [-0.2, 0) is 14.3 Å². The number of hydrogen-bond acceptors (Lipinski definition) is 3. The Morgan fingerprint density at radius 3 is 2.48 bits per heavy atom. The SMILES string of the molecule is CC(C)N1C(=O)CO[C@H](C(=O)N2CCC(C)(C)C2)[C@H]1c1ccccc1. The molecule has 3 rings (SSSR count). The molecule has 0 saturated carbocycles. The van der Waals surface area contributed by atoms with Crippen LogP contribution in [0.15, 0.2) is 30.3 Å². The number of carbonyl (C=O) groups excluding carboxylic acids is 2. The van der Waals surface area contributed by atoms with Crippen LogP contribution in [0.4, 0.5) is 0 Å². The summed E-state index contributed by atoms with van der Waals surface area (Å²) in [6.45, 7) is 9.79. The third-order valence-electron chi connectivity index (χ3n) is 5.19. The highest BCUT2D eigenvalue weighted by atomic mass is 16.5. The van der Waals surface area contributed by atoms with Gasteiger partial charge in [0.05, 0.1) is 6.04 Å². The smallest absolute Gasteiger partial charge is 0.254 e. The maximum Gasteiger partial charge on any atom is 0.254 e. The average Bonchev–Trinajstić information content (AvgIpc) is 2.94. The molecule has 0 radical (unpaired) electrons. The molecule has 2 saturated heterocycles. The molecule has 25 heavy (non-hydrogen) atoms. The lowest BCUT2D eigenvalue weighted by molar-refractivity contribution is -0.171. The minimum Gasteiger partial charge on any atom is -0.356 e. The Labute approximate surface area is 149 Å². The van der Waals surface area contributed by atoms with Crippen LogP contribution in [0.1, 0.15) is 45.7 Å². The van der Waals surface area contributed by atoms with Crippen LogP contribution >= 0.6 is 0 Å². The molecule has 2 fully saturated rings. The molecule has 2 atom stereocenters. The predicted octanol–water partition coefficient (Wildman–Crippen LogP) is 2.62. The molecule has 0 unspecified atom stereocenters. The van der Waals surface area contributed by atoms with Crippen molar-refractivity contribution in [2.24, 2.45) is 5.41 Å². The fraction of sp³-hybridized carbons (Fsp3) is 0.600. The van der Waals surface area contributed by atoms with Gasteiger partial charge < -0.3 is 14.5 Å². The molecule has 1 aromatic rings. The van der Waals surface area contributed by atoms with Crippen molar-refractivity contribution in [2.75, 3.05) is 19.7 Å². The number of likely N-dealkylation sites (tertiary alicyclic amines) is 1. The van der Waals surface area contributed by atoms with Gasteiger partial charge in [0.25, 0.3) is 5.91 Å². The first kappa shape index (κ1) is 17.9. The minimum atomic E-state index is -0.642. The van der Waals surface area contributed by atoms with E-state index in [-0.39, 0.29) is 35.9 Å². The summed E-state index contributed by atoms with van der Waals surface area (Å²) in [6.07, 6.45) is 0.352. The molecule has 0 spiro atoms. The van der Waals surface area contributed by atoms with E-state index in [1.54, 1.807) is 0 Å². The van der Waals surface area contributed by atoms with E-state index in [4.69, 9.17) is 4.74 Å². The number of hydrogen-bond donors (Lipinski definition) is 0. The highest BCUT2D eigenvalue weighted by Crippen LogP contribution is 2.35. The van der Waals surface area contributed by atoms with Crippen molar-refractivity contribution in [3.8, 4) is 0 Å². The first-order valence-electron chi connectivity index (χ1n) is 9.07. The van der Waals surface area contributed by atoms with Crippen LogP contribution < -0.4 is 0 Å². The quantitative estimate of drug-likeness (QED) is 0.847. The second-order valence-corrected chi connectivity index (χ2v) is 8.16. The first-order valence-corrected chi connectivity index (χ1v) is 9.07. The van der Waals surface area contributed by atoms with Gasteiger partial charge in [-0.25, -0.2) is 0 Å². The second kappa shape index (κ2) is 6.79. The van der Waals surface area contributed by atoms with E-state index in [1.165, 1.54) is 0 Å². The van der Waals surface area contributed by atoms with E-state index in [2.05, 4.69) is 13.8 Å². The molecule has 0 aliphatic carbocycles. The predicted molar refractivity (Wildman–Crippen MR) is 95.9 cm³/mol. The number of benzene rings is 1. The standard InChI is InChI=1S/C20H28N2O3/c1-14(2)22-16(23)12-25-18(17(22)15-8-6-5-7-9-15)19(24)21-11-10-20(3,4)13-21/h5-9,14,17-18H,10-13H2,1-4H3/t17-,18+/m1/s1. The lowest BCUT2D eigenvalue weighted by Gasteiger charge is -2.43. The zero-order valence-electron chi connectivity index (χ0n) is 15.6. The van der Waals surface area contributed by atoms with E-state index < -0.39 is 6.10 Å². The molecule has 5 heteroatoms. The number of ether oxygens (including phenoxy) is 1. The van der Waals surface area contributed by atoms with Crippen molar-refractivity contribution < 1.29 is 14.3 Å². The van der Waals surface area contributed by atoms with Crippen molar-refractivity contribution in [3.05, 3.63) is 35.9 Å². The van der Waals surface area contributed by atoms with Gasteiger partial charge in [-0.1, -0.05) is 44.2 Å². The van der Waals surface area contributed by atoms with Gasteiger partial charge in [0.15, 0.2) is 6.10 Å². The Bertz CT molecular complexity index is 642. The number of morpholine rings is 1. The van der Waals surface area contributed by atoms with E-state index in [0.29, 0.717) is 0 Å². The van der Waals surface area contributed by atoms with E-state index in [0.717, 1.165) is 25.1 Å². The van der Waals surface area contributed by atoms with Gasteiger partial charge in [0, 0.05) is 19.1 Å². The molecule has 0 N–H and O–H groups in total. The molecule has 2 amide bonds. The van der Waals surface area contributed by atoms with Crippen LogP contribution in [-0.4, -0.2) is 53.5 Å². The fourth-order valence-corrected chi connectivity index (χ4v) is 3.91. The summed E-state index contributed by atoms with van der Waals surface area (Å²) < 4.78 is 5.80. The summed E-state index contributed by atoms with van der Waals surface area (Å²) in [6, 6.07) is 9.38. The van der Waals surface area contributed by atoms with Crippen LogP contribution in [0.3, 0.4) is 0 Å². The highest BCUT2D eigenvalue weighted by molar-refractivity contribution is 5.86. The monoisotopic (exact) mass is 344 g/mol. The molecule has 2 heterocycles.